The Balaban J connectivity index is 2.15. The van der Waals surface area contributed by atoms with Crippen LogP contribution in [-0.4, -0.2) is 24.3 Å². The molecule has 0 saturated heterocycles. The number of carbonyl (C=O) groups excluding carboxylic acids is 3. The summed E-state index contributed by atoms with van der Waals surface area (Å²) in [6.45, 7) is 6.58. The van der Waals surface area contributed by atoms with Gasteiger partial charge in [0.15, 0.2) is 6.61 Å². The SMILES string of the molecule is CC(=O)N/C(=C\c1ccccc1)C(=O)OCC(=O)c1c(C)cc(C)cc1C. The Morgan fingerprint density at radius 1 is 1.00 bits per heavy atom. The van der Waals surface area contributed by atoms with Crippen molar-refractivity contribution in [3.63, 3.8) is 0 Å². The van der Waals surface area contributed by atoms with Gasteiger partial charge in [-0.05, 0) is 43.5 Å². The highest BCUT2D eigenvalue weighted by molar-refractivity contribution is 6.03. The molecule has 0 aliphatic carbocycles. The lowest BCUT2D eigenvalue weighted by Gasteiger charge is -2.12. The van der Waals surface area contributed by atoms with Crippen molar-refractivity contribution in [3.8, 4) is 0 Å². The number of hydrogen-bond donors (Lipinski definition) is 1. The van der Waals surface area contributed by atoms with Crippen molar-refractivity contribution >= 4 is 23.7 Å². The van der Waals surface area contributed by atoms with Crippen molar-refractivity contribution in [1.29, 1.82) is 0 Å². The molecule has 2 aromatic carbocycles. The highest BCUT2D eigenvalue weighted by Crippen LogP contribution is 2.17. The minimum absolute atomic E-state index is 0.0150. The molecule has 0 aliphatic heterocycles. The number of aryl methyl sites for hydroxylation is 3. The quantitative estimate of drug-likeness (QED) is 0.483. The molecule has 0 atom stereocenters. The lowest BCUT2D eigenvalue weighted by atomic mass is 9.97. The zero-order valence-corrected chi connectivity index (χ0v) is 16.0. The van der Waals surface area contributed by atoms with Crippen LogP contribution in [0.4, 0.5) is 0 Å². The minimum Gasteiger partial charge on any atom is -0.453 e. The molecule has 0 aromatic heterocycles. The predicted octanol–water partition coefficient (Wildman–Crippen LogP) is 3.51. The first kappa shape index (κ1) is 20.1. The topological polar surface area (TPSA) is 72.5 Å². The van der Waals surface area contributed by atoms with Gasteiger partial charge in [-0.15, -0.1) is 0 Å². The number of amides is 1. The molecule has 0 saturated carbocycles. The molecule has 0 bridgehead atoms. The van der Waals surface area contributed by atoms with Crippen molar-refractivity contribution < 1.29 is 19.1 Å². The summed E-state index contributed by atoms with van der Waals surface area (Å²) in [5.74, 6) is -1.43. The molecule has 2 aromatic rings. The van der Waals surface area contributed by atoms with Crippen molar-refractivity contribution in [2.45, 2.75) is 27.7 Å². The van der Waals surface area contributed by atoms with Gasteiger partial charge in [0.1, 0.15) is 5.70 Å². The van der Waals surface area contributed by atoms with Crippen molar-refractivity contribution in [1.82, 2.24) is 5.32 Å². The van der Waals surface area contributed by atoms with E-state index < -0.39 is 18.5 Å². The van der Waals surface area contributed by atoms with Crippen LogP contribution >= 0.6 is 0 Å². The van der Waals surface area contributed by atoms with Gasteiger partial charge in [-0.3, -0.25) is 9.59 Å². The number of hydrogen-bond acceptors (Lipinski definition) is 4. The zero-order valence-electron chi connectivity index (χ0n) is 16.0. The third-order valence-electron chi connectivity index (χ3n) is 3.93. The number of carbonyl (C=O) groups is 3. The van der Waals surface area contributed by atoms with E-state index in [1.165, 1.54) is 13.0 Å². The molecular formula is C22H23NO4. The third kappa shape index (κ3) is 5.64. The van der Waals surface area contributed by atoms with Gasteiger partial charge in [-0.1, -0.05) is 48.0 Å². The van der Waals surface area contributed by atoms with Crippen molar-refractivity contribution in [2.75, 3.05) is 6.61 Å². The second-order valence-corrected chi connectivity index (χ2v) is 6.42. The van der Waals surface area contributed by atoms with Gasteiger partial charge in [-0.2, -0.15) is 0 Å². The second kappa shape index (κ2) is 8.94. The predicted molar refractivity (Wildman–Crippen MR) is 104 cm³/mol. The van der Waals surface area contributed by atoms with E-state index in [-0.39, 0.29) is 11.5 Å². The van der Waals surface area contributed by atoms with E-state index in [4.69, 9.17) is 4.74 Å². The molecule has 140 valence electrons. The molecule has 0 radical (unpaired) electrons. The maximum Gasteiger partial charge on any atom is 0.355 e. The maximum atomic E-state index is 12.5. The smallest absolute Gasteiger partial charge is 0.355 e. The largest absolute Gasteiger partial charge is 0.453 e. The number of rotatable bonds is 6. The van der Waals surface area contributed by atoms with Crippen LogP contribution in [0.2, 0.25) is 0 Å². The molecule has 5 heteroatoms. The molecule has 0 heterocycles. The van der Waals surface area contributed by atoms with Crippen molar-refractivity contribution in [2.24, 2.45) is 0 Å². The van der Waals surface area contributed by atoms with Crippen LogP contribution in [0.1, 0.15) is 39.5 Å². The number of nitrogens with one attached hydrogen (secondary N) is 1. The van der Waals surface area contributed by atoms with Crippen LogP contribution < -0.4 is 5.32 Å². The Morgan fingerprint density at radius 3 is 2.15 bits per heavy atom. The Bertz CT molecular complexity index is 875. The summed E-state index contributed by atoms with van der Waals surface area (Å²) in [6.07, 6.45) is 1.51. The maximum absolute atomic E-state index is 12.5. The van der Waals surface area contributed by atoms with E-state index in [0.29, 0.717) is 5.56 Å². The Kier molecular flexibility index (Phi) is 6.66. The lowest BCUT2D eigenvalue weighted by molar-refractivity contribution is -0.139. The summed E-state index contributed by atoms with van der Waals surface area (Å²) in [5.41, 5.74) is 4.03. The average Bonchev–Trinajstić information content (AvgIpc) is 2.58. The van der Waals surface area contributed by atoms with E-state index in [2.05, 4.69) is 5.32 Å². The molecule has 27 heavy (non-hydrogen) atoms. The summed E-state index contributed by atoms with van der Waals surface area (Å²) in [6, 6.07) is 12.9. The van der Waals surface area contributed by atoms with Gasteiger partial charge in [0, 0.05) is 12.5 Å². The van der Waals surface area contributed by atoms with Gasteiger partial charge in [0.2, 0.25) is 11.7 Å². The average molecular weight is 365 g/mol. The van der Waals surface area contributed by atoms with E-state index in [0.717, 1.165) is 22.3 Å². The minimum atomic E-state index is -0.759. The fourth-order valence-electron chi connectivity index (χ4n) is 2.95. The van der Waals surface area contributed by atoms with E-state index in [1.807, 2.05) is 51.1 Å². The molecule has 0 fully saturated rings. The molecule has 1 N–H and O–H groups in total. The number of benzene rings is 2. The van der Waals surface area contributed by atoms with E-state index in [1.54, 1.807) is 12.1 Å². The molecular weight excluding hydrogens is 342 g/mol. The molecule has 2 rings (SSSR count). The Labute approximate surface area is 159 Å². The van der Waals surface area contributed by atoms with E-state index >= 15 is 0 Å². The summed E-state index contributed by atoms with van der Waals surface area (Å²) < 4.78 is 5.16. The standard InChI is InChI=1S/C22H23NO4/c1-14-10-15(2)21(16(3)11-14)20(25)13-27-22(26)19(23-17(4)24)12-18-8-6-5-7-9-18/h5-12H,13H2,1-4H3,(H,23,24)/b19-12-. The summed E-state index contributed by atoms with van der Waals surface area (Å²) in [4.78, 5) is 36.3. The number of ether oxygens (including phenoxy) is 1. The monoisotopic (exact) mass is 365 g/mol. The summed E-state index contributed by atoms with van der Waals surface area (Å²) in [7, 11) is 0. The molecule has 0 unspecified atom stereocenters. The number of Topliss-reactive ketones (excluding diaryl/α,β-unsaturated/α-hetero) is 1. The highest BCUT2D eigenvalue weighted by atomic mass is 16.5. The van der Waals surface area contributed by atoms with Crippen LogP contribution in [0.15, 0.2) is 48.2 Å². The first-order chi connectivity index (χ1) is 12.8. The fraction of sp³-hybridized carbons (Fsp3) is 0.227. The lowest BCUT2D eigenvalue weighted by Crippen LogP contribution is -2.27. The normalized spacial score (nSPS) is 11.0. The first-order valence-corrected chi connectivity index (χ1v) is 8.60. The van der Waals surface area contributed by atoms with Gasteiger partial charge < -0.3 is 10.1 Å². The molecule has 5 nitrogen and oxygen atoms in total. The third-order valence-corrected chi connectivity index (χ3v) is 3.93. The van der Waals surface area contributed by atoms with Crippen LogP contribution in [-0.2, 0) is 14.3 Å². The first-order valence-electron chi connectivity index (χ1n) is 8.60. The van der Waals surface area contributed by atoms with Crippen LogP contribution in [0.25, 0.3) is 6.08 Å². The van der Waals surface area contributed by atoms with Gasteiger partial charge in [-0.25, -0.2) is 4.79 Å². The van der Waals surface area contributed by atoms with Crippen molar-refractivity contribution in [3.05, 3.63) is 76.0 Å². The number of ketones is 1. The number of esters is 1. The summed E-state index contributed by atoms with van der Waals surface area (Å²) >= 11 is 0. The van der Waals surface area contributed by atoms with Gasteiger partial charge in [0.25, 0.3) is 0 Å². The van der Waals surface area contributed by atoms with Gasteiger partial charge in [0.05, 0.1) is 0 Å². The molecule has 1 amide bonds. The van der Waals surface area contributed by atoms with Gasteiger partial charge >= 0.3 is 5.97 Å². The highest BCUT2D eigenvalue weighted by Gasteiger charge is 2.18. The summed E-state index contributed by atoms with van der Waals surface area (Å²) in [5, 5.41) is 2.46. The van der Waals surface area contributed by atoms with E-state index in [9.17, 15) is 14.4 Å². The van der Waals surface area contributed by atoms with Crippen LogP contribution in [0, 0.1) is 20.8 Å². The second-order valence-electron chi connectivity index (χ2n) is 6.42. The Morgan fingerprint density at radius 2 is 1.59 bits per heavy atom. The molecule has 0 spiro atoms. The molecule has 0 aliphatic rings. The van der Waals surface area contributed by atoms with Crippen LogP contribution in [0.3, 0.4) is 0 Å². The zero-order chi connectivity index (χ0) is 20.0. The Hall–Kier alpha value is -3.21. The fourth-order valence-corrected chi connectivity index (χ4v) is 2.95. The van der Waals surface area contributed by atoms with Crippen LogP contribution in [0.5, 0.6) is 0 Å².